The van der Waals surface area contributed by atoms with Gasteiger partial charge in [-0.05, 0) is 32.6 Å². The second kappa shape index (κ2) is 4.52. The standard InChI is InChI=1S/C10H21BrO2S/c1-9(2,3)14(12,13)7-6-10(4,5)8-11/h6-8H2,1-5H3. The maximum absolute atomic E-state index is 11.8. The van der Waals surface area contributed by atoms with Crippen LogP contribution >= 0.6 is 15.9 Å². The summed E-state index contributed by atoms with van der Waals surface area (Å²) in [5, 5.41) is 0.833. The van der Waals surface area contributed by atoms with Crippen molar-refractivity contribution in [1.82, 2.24) is 0 Å². The van der Waals surface area contributed by atoms with Crippen molar-refractivity contribution in [1.29, 1.82) is 0 Å². The summed E-state index contributed by atoms with van der Waals surface area (Å²) in [5.74, 6) is 0.273. The van der Waals surface area contributed by atoms with Gasteiger partial charge in [0.05, 0.1) is 10.5 Å². The van der Waals surface area contributed by atoms with Crippen molar-refractivity contribution in [2.45, 2.75) is 45.8 Å². The molecule has 0 saturated heterocycles. The molecule has 0 N–H and O–H groups in total. The second-order valence-electron chi connectivity index (χ2n) is 5.48. The van der Waals surface area contributed by atoms with Crippen LogP contribution in [0.15, 0.2) is 0 Å². The van der Waals surface area contributed by atoms with Gasteiger partial charge in [0.15, 0.2) is 9.84 Å². The molecule has 0 atom stereocenters. The summed E-state index contributed by atoms with van der Waals surface area (Å²) >= 11 is 3.39. The van der Waals surface area contributed by atoms with Gasteiger partial charge in [0.25, 0.3) is 0 Å². The summed E-state index contributed by atoms with van der Waals surface area (Å²) in [6, 6.07) is 0. The average molecular weight is 285 g/mol. The normalized spacial score (nSPS) is 14.4. The number of rotatable bonds is 4. The second-order valence-corrected chi connectivity index (χ2v) is 8.90. The molecule has 0 amide bonds. The molecular formula is C10H21BrO2S. The topological polar surface area (TPSA) is 34.1 Å². The summed E-state index contributed by atoms with van der Waals surface area (Å²) in [4.78, 5) is 0. The van der Waals surface area contributed by atoms with Crippen molar-refractivity contribution < 1.29 is 8.42 Å². The first kappa shape index (κ1) is 14.4. The van der Waals surface area contributed by atoms with Crippen LogP contribution in [-0.2, 0) is 9.84 Å². The van der Waals surface area contributed by atoms with Crippen LogP contribution in [0.5, 0.6) is 0 Å². The molecule has 0 aromatic carbocycles. The number of alkyl halides is 1. The molecule has 0 aliphatic carbocycles. The van der Waals surface area contributed by atoms with E-state index < -0.39 is 14.6 Å². The lowest BCUT2D eigenvalue weighted by atomic mass is 9.93. The fourth-order valence-corrected chi connectivity index (χ4v) is 2.50. The van der Waals surface area contributed by atoms with Gasteiger partial charge in [-0.15, -0.1) is 0 Å². The summed E-state index contributed by atoms with van der Waals surface area (Å²) in [6.45, 7) is 9.40. The van der Waals surface area contributed by atoms with Gasteiger partial charge in [-0.1, -0.05) is 29.8 Å². The third-order valence-corrected chi connectivity index (χ3v) is 6.47. The Morgan fingerprint density at radius 3 is 1.79 bits per heavy atom. The van der Waals surface area contributed by atoms with Crippen LogP contribution in [0.1, 0.15) is 41.0 Å². The fourth-order valence-electron chi connectivity index (χ4n) is 0.784. The minimum Gasteiger partial charge on any atom is -0.228 e. The summed E-state index contributed by atoms with van der Waals surface area (Å²) in [7, 11) is -2.96. The van der Waals surface area contributed by atoms with Crippen LogP contribution in [0.25, 0.3) is 0 Å². The van der Waals surface area contributed by atoms with Gasteiger partial charge in [-0.2, -0.15) is 0 Å². The Balaban J connectivity index is 4.43. The minimum atomic E-state index is -2.96. The highest BCUT2D eigenvalue weighted by Crippen LogP contribution is 2.26. The molecule has 0 heterocycles. The zero-order valence-corrected chi connectivity index (χ0v) is 12.1. The lowest BCUT2D eigenvalue weighted by molar-refractivity contribution is 0.408. The summed E-state index contributed by atoms with van der Waals surface area (Å²) < 4.78 is 23.0. The Bertz CT molecular complexity index is 273. The quantitative estimate of drug-likeness (QED) is 0.744. The maximum Gasteiger partial charge on any atom is 0.155 e. The van der Waals surface area contributed by atoms with E-state index in [-0.39, 0.29) is 11.2 Å². The summed E-state index contributed by atoms with van der Waals surface area (Å²) in [6.07, 6.45) is 0.706. The van der Waals surface area contributed by atoms with Gasteiger partial charge in [0.2, 0.25) is 0 Å². The molecule has 2 nitrogen and oxygen atoms in total. The van der Waals surface area contributed by atoms with Crippen LogP contribution < -0.4 is 0 Å². The van der Waals surface area contributed by atoms with E-state index >= 15 is 0 Å². The van der Waals surface area contributed by atoms with Gasteiger partial charge in [-0.25, -0.2) is 8.42 Å². The number of hydrogen-bond acceptors (Lipinski definition) is 2. The van der Waals surface area contributed by atoms with Crippen molar-refractivity contribution in [2.75, 3.05) is 11.1 Å². The van der Waals surface area contributed by atoms with E-state index in [0.717, 1.165) is 5.33 Å². The number of hydrogen-bond donors (Lipinski definition) is 0. The van der Waals surface area contributed by atoms with E-state index in [0.29, 0.717) is 6.42 Å². The lowest BCUT2D eigenvalue weighted by Crippen LogP contribution is -2.32. The molecule has 4 heteroatoms. The van der Waals surface area contributed by atoms with Gasteiger partial charge in [0.1, 0.15) is 0 Å². The van der Waals surface area contributed by atoms with E-state index in [2.05, 4.69) is 29.8 Å². The molecule has 0 aromatic heterocycles. The van der Waals surface area contributed by atoms with Crippen LogP contribution in [0.4, 0.5) is 0 Å². The molecule has 0 fully saturated rings. The van der Waals surface area contributed by atoms with Crippen molar-refractivity contribution in [3.05, 3.63) is 0 Å². The van der Waals surface area contributed by atoms with Crippen molar-refractivity contribution in [3.8, 4) is 0 Å². The Morgan fingerprint density at radius 1 is 1.07 bits per heavy atom. The SMILES string of the molecule is CC(C)(CBr)CCS(=O)(=O)C(C)(C)C. The first-order valence-corrected chi connectivity index (χ1v) is 7.57. The van der Waals surface area contributed by atoms with Crippen LogP contribution in [0, 0.1) is 5.41 Å². The highest BCUT2D eigenvalue weighted by molar-refractivity contribution is 9.09. The van der Waals surface area contributed by atoms with E-state index in [1.54, 1.807) is 20.8 Å². The zero-order valence-electron chi connectivity index (χ0n) is 9.72. The number of sulfone groups is 1. The molecule has 0 aliphatic rings. The van der Waals surface area contributed by atoms with Gasteiger partial charge in [0, 0.05) is 5.33 Å². The lowest BCUT2D eigenvalue weighted by Gasteiger charge is -2.25. The molecule has 0 aliphatic heterocycles. The Morgan fingerprint density at radius 2 is 1.50 bits per heavy atom. The molecule has 0 unspecified atom stereocenters. The molecule has 14 heavy (non-hydrogen) atoms. The predicted molar refractivity (Wildman–Crippen MR) is 65.7 cm³/mol. The minimum absolute atomic E-state index is 0.0539. The highest BCUT2D eigenvalue weighted by Gasteiger charge is 2.30. The molecule has 0 aromatic rings. The van der Waals surface area contributed by atoms with Crippen LogP contribution in [0.3, 0.4) is 0 Å². The predicted octanol–water partition coefficient (Wildman–Crippen LogP) is 3.01. The molecule has 0 spiro atoms. The molecule has 0 saturated carbocycles. The smallest absolute Gasteiger partial charge is 0.155 e. The van der Waals surface area contributed by atoms with E-state index in [1.165, 1.54) is 0 Å². The molecule has 86 valence electrons. The highest BCUT2D eigenvalue weighted by atomic mass is 79.9. The van der Waals surface area contributed by atoms with Crippen LogP contribution in [0.2, 0.25) is 0 Å². The Kier molecular flexibility index (Phi) is 4.66. The summed E-state index contributed by atoms with van der Waals surface area (Å²) in [5.41, 5.74) is 0.0539. The first-order chi connectivity index (χ1) is 6.02. The zero-order chi connectivity index (χ0) is 11.6. The van der Waals surface area contributed by atoms with E-state index in [9.17, 15) is 8.42 Å². The van der Waals surface area contributed by atoms with Gasteiger partial charge >= 0.3 is 0 Å². The Hall–Kier alpha value is 0.430. The third-order valence-electron chi connectivity index (χ3n) is 2.34. The van der Waals surface area contributed by atoms with Crippen molar-refractivity contribution in [3.63, 3.8) is 0 Å². The van der Waals surface area contributed by atoms with Crippen LogP contribution in [-0.4, -0.2) is 24.2 Å². The van der Waals surface area contributed by atoms with Gasteiger partial charge < -0.3 is 0 Å². The van der Waals surface area contributed by atoms with Gasteiger partial charge in [-0.3, -0.25) is 0 Å². The first-order valence-electron chi connectivity index (χ1n) is 4.80. The molecular weight excluding hydrogens is 264 g/mol. The molecule has 0 bridgehead atoms. The number of halogens is 1. The fraction of sp³-hybridized carbons (Fsp3) is 1.00. The van der Waals surface area contributed by atoms with Crippen molar-refractivity contribution >= 4 is 25.8 Å². The molecule has 0 radical (unpaired) electrons. The monoisotopic (exact) mass is 284 g/mol. The molecule has 0 rings (SSSR count). The van der Waals surface area contributed by atoms with E-state index in [1.807, 2.05) is 0 Å². The third kappa shape index (κ3) is 4.30. The Labute approximate surface area is 96.5 Å². The van der Waals surface area contributed by atoms with Crippen molar-refractivity contribution in [2.24, 2.45) is 5.41 Å². The maximum atomic E-state index is 11.8. The average Bonchev–Trinajstić information content (AvgIpc) is 1.99. The largest absolute Gasteiger partial charge is 0.228 e. The van der Waals surface area contributed by atoms with E-state index in [4.69, 9.17) is 0 Å².